The third-order valence-corrected chi connectivity index (χ3v) is 26.2. The van der Waals surface area contributed by atoms with Crippen molar-refractivity contribution in [1.82, 2.24) is 39.0 Å². The number of hydrogen-bond donors (Lipinski definition) is 0. The first-order chi connectivity index (χ1) is 54.3. The topological polar surface area (TPSA) is 87.2 Å². The molecule has 24 rings (SSSR count). The fourth-order valence-corrected chi connectivity index (χ4v) is 21.2. The Morgan fingerprint density at radius 2 is 0.636 bits per heavy atom. The molecule has 0 bridgehead atoms. The van der Waals surface area contributed by atoms with Gasteiger partial charge in [0.15, 0.2) is 23.3 Å². The molecule has 0 atom stereocenters. The maximum Gasteiger partial charge on any atom is 0.238 e. The van der Waals surface area contributed by atoms with Crippen molar-refractivity contribution in [2.75, 3.05) is 0 Å². The third-order valence-electron chi connectivity index (χ3n) is 22.7. The third kappa shape index (κ3) is 9.54. The highest BCUT2D eigenvalue weighted by atomic mass is 32.1. The van der Waals surface area contributed by atoms with E-state index in [1.807, 2.05) is 40.1 Å². The highest BCUT2D eigenvalue weighted by Crippen LogP contribution is 2.53. The van der Waals surface area contributed by atoms with E-state index in [-0.39, 0.29) is 5.41 Å². The van der Waals surface area contributed by atoms with Crippen molar-refractivity contribution in [3.63, 3.8) is 0 Å². The van der Waals surface area contributed by atoms with Gasteiger partial charge in [-0.05, 0) is 126 Å². The van der Waals surface area contributed by atoms with Crippen LogP contribution in [-0.2, 0) is 5.41 Å². The van der Waals surface area contributed by atoms with Crippen molar-refractivity contribution < 1.29 is 0 Å². The van der Waals surface area contributed by atoms with Gasteiger partial charge in [0.25, 0.3) is 0 Å². The van der Waals surface area contributed by atoms with E-state index in [1.54, 1.807) is 0 Å². The van der Waals surface area contributed by atoms with Crippen molar-refractivity contribution in [2.24, 2.45) is 0 Å². The zero-order valence-corrected chi connectivity index (χ0v) is 61.9. The van der Waals surface area contributed by atoms with Gasteiger partial charge in [-0.15, -0.1) is 34.0 Å². The van der Waals surface area contributed by atoms with E-state index in [2.05, 4.69) is 344 Å². The van der Waals surface area contributed by atoms with Gasteiger partial charge in [0.1, 0.15) is 0 Å². The molecule has 7 heterocycles. The lowest BCUT2D eigenvalue weighted by Crippen LogP contribution is -2.15. The van der Waals surface area contributed by atoms with Gasteiger partial charge in [0.05, 0.1) is 31.5 Å². The Morgan fingerprint density at radius 1 is 0.245 bits per heavy atom. The molecule has 0 saturated carbocycles. The molecule has 0 amide bonds. The van der Waals surface area contributed by atoms with E-state index < -0.39 is 0 Å². The normalized spacial score (nSPS) is 12.7. The zero-order valence-electron chi connectivity index (χ0n) is 59.5. The number of benzene rings is 16. The molecular weight excluding hydrogens is 1400 g/mol. The van der Waals surface area contributed by atoms with Crippen LogP contribution >= 0.6 is 34.0 Å². The van der Waals surface area contributed by atoms with Crippen LogP contribution in [0.1, 0.15) is 25.0 Å². The summed E-state index contributed by atoms with van der Waals surface area (Å²) in [7, 11) is 0. The quantitative estimate of drug-likeness (QED) is 0.158. The number of rotatable bonds is 7. The minimum atomic E-state index is -0.153. The summed E-state index contributed by atoms with van der Waals surface area (Å²) in [6.07, 6.45) is 0. The molecule has 0 unspecified atom stereocenters. The minimum absolute atomic E-state index is 0.153. The van der Waals surface area contributed by atoms with Crippen LogP contribution in [0.2, 0.25) is 0 Å². The predicted octanol–water partition coefficient (Wildman–Crippen LogP) is 27.1. The summed E-state index contributed by atoms with van der Waals surface area (Å²) in [6.45, 7) is 4.64. The van der Waals surface area contributed by atoms with Gasteiger partial charge in [-0.2, -0.15) is 19.9 Å². The molecule has 8 nitrogen and oxygen atoms in total. The van der Waals surface area contributed by atoms with Gasteiger partial charge in [-0.1, -0.05) is 281 Å². The Bertz CT molecular complexity index is 7830. The Kier molecular flexibility index (Phi) is 13.9. The van der Waals surface area contributed by atoms with Crippen LogP contribution in [0, 0.1) is 0 Å². The highest BCUT2D eigenvalue weighted by molar-refractivity contribution is 7.27. The van der Waals surface area contributed by atoms with Crippen molar-refractivity contribution in [3.8, 4) is 79.7 Å². The molecule has 1 aliphatic rings. The number of aromatic nitrogens is 8. The smallest absolute Gasteiger partial charge is 0.238 e. The van der Waals surface area contributed by atoms with E-state index in [4.69, 9.17) is 29.9 Å². The van der Waals surface area contributed by atoms with Crippen LogP contribution < -0.4 is 0 Å². The number of thiophene rings is 3. The van der Waals surface area contributed by atoms with Gasteiger partial charge in [0.2, 0.25) is 11.9 Å². The summed E-state index contributed by atoms with van der Waals surface area (Å²) in [4.78, 5) is 32.1. The molecule has 0 radical (unpaired) electrons. The average Bonchev–Trinajstić information content (AvgIpc) is 1.54. The lowest BCUT2D eigenvalue weighted by atomic mass is 9.82. The molecule has 0 spiro atoms. The zero-order chi connectivity index (χ0) is 72.5. The van der Waals surface area contributed by atoms with Crippen molar-refractivity contribution in [2.45, 2.75) is 19.3 Å². The summed E-state index contributed by atoms with van der Waals surface area (Å²) in [6, 6.07) is 117. The van der Waals surface area contributed by atoms with Gasteiger partial charge in [-0.3, -0.25) is 9.13 Å². The van der Waals surface area contributed by atoms with E-state index >= 15 is 0 Å². The van der Waals surface area contributed by atoms with Crippen LogP contribution in [0.25, 0.3) is 216 Å². The van der Waals surface area contributed by atoms with Crippen molar-refractivity contribution in [3.05, 3.63) is 339 Å². The maximum absolute atomic E-state index is 5.44. The van der Waals surface area contributed by atoms with E-state index in [0.29, 0.717) is 35.2 Å². The average molecular weight is 1460 g/mol. The molecule has 514 valence electrons. The summed E-state index contributed by atoms with van der Waals surface area (Å²) in [5, 5.41) is 19.6. The van der Waals surface area contributed by atoms with Crippen LogP contribution in [0.15, 0.2) is 328 Å². The molecule has 110 heavy (non-hydrogen) atoms. The SMILES string of the molecule is CC1(C)c2ccccc2-c2ccc(-c3nc(-c4ccc5ccccc5c4)nc(-n4c5ccccc5c5c6ccccc6c6c7ccccc7sc6c54)n3)cc21.c1ccc(-c2ccc(-c3nc(-c4ccc5sc6ccccc6c5c4)nc(-n4c5ccccc5c5c6ccccc6c6c7ccccc7sc6c54)n3)cc2)cc1. The van der Waals surface area contributed by atoms with Crippen LogP contribution in [0.3, 0.4) is 0 Å². The van der Waals surface area contributed by atoms with Crippen molar-refractivity contribution in [1.29, 1.82) is 0 Å². The first-order valence-electron chi connectivity index (χ1n) is 37.1. The van der Waals surface area contributed by atoms with Gasteiger partial charge in [0, 0.05) is 100 Å². The van der Waals surface area contributed by atoms with Gasteiger partial charge in [-0.25, -0.2) is 9.97 Å². The molecule has 0 N–H and O–H groups in total. The van der Waals surface area contributed by atoms with Crippen molar-refractivity contribution >= 4 is 170 Å². The lowest BCUT2D eigenvalue weighted by molar-refractivity contribution is 0.660. The summed E-state index contributed by atoms with van der Waals surface area (Å²) in [5.41, 5.74) is 15.6. The second-order valence-corrected chi connectivity index (χ2v) is 32.3. The molecule has 0 saturated heterocycles. The molecule has 23 aromatic rings. The van der Waals surface area contributed by atoms with E-state index in [0.717, 1.165) is 55.3 Å². The fraction of sp³-hybridized carbons (Fsp3) is 0.0303. The van der Waals surface area contributed by atoms with Crippen LogP contribution in [0.5, 0.6) is 0 Å². The molecule has 0 fully saturated rings. The second-order valence-electron chi connectivity index (χ2n) is 29.2. The Balaban J connectivity index is 0.000000132. The number of para-hydroxylation sites is 2. The first kappa shape index (κ1) is 62.7. The highest BCUT2D eigenvalue weighted by Gasteiger charge is 2.36. The number of nitrogens with zero attached hydrogens (tertiary/aromatic N) is 8. The minimum Gasteiger partial charge on any atom is -0.276 e. The predicted molar refractivity (Wildman–Crippen MR) is 464 cm³/mol. The Hall–Kier alpha value is -13.4. The van der Waals surface area contributed by atoms with Crippen LogP contribution in [0.4, 0.5) is 0 Å². The molecule has 1 aliphatic carbocycles. The van der Waals surface area contributed by atoms with Gasteiger partial charge >= 0.3 is 0 Å². The van der Waals surface area contributed by atoms with Crippen LogP contribution in [-0.4, -0.2) is 39.0 Å². The largest absolute Gasteiger partial charge is 0.276 e. The summed E-state index contributed by atoms with van der Waals surface area (Å²) < 4.78 is 12.1. The molecule has 0 aliphatic heterocycles. The number of hydrogen-bond acceptors (Lipinski definition) is 9. The molecule has 7 aromatic heterocycles. The monoisotopic (exact) mass is 1460 g/mol. The lowest BCUT2D eigenvalue weighted by Gasteiger charge is -2.21. The molecular formula is C99H60N8S3. The summed E-state index contributed by atoms with van der Waals surface area (Å²) in [5.74, 6) is 3.78. The maximum atomic E-state index is 5.44. The number of fused-ring (bicyclic) bond motifs is 27. The van der Waals surface area contributed by atoms with Gasteiger partial charge < -0.3 is 0 Å². The fourth-order valence-electron chi connectivity index (χ4n) is 17.6. The summed E-state index contributed by atoms with van der Waals surface area (Å²) >= 11 is 5.51. The van der Waals surface area contributed by atoms with E-state index in [1.165, 1.54) is 137 Å². The second kappa shape index (κ2) is 24.3. The Morgan fingerprint density at radius 3 is 1.23 bits per heavy atom. The standard InChI is InChI=1S/C50H32N4S.C49H28N4S2/c1-50(2)39-20-10-7-15-33(39)34-26-25-32(28-40(34)50)48-51-47(31-24-23-29-13-3-4-14-30(29)27-31)52-49(53-48)54-41-21-11-8-18-37(41)43-35-16-5-6-17-36(35)44-38-19-9-12-22-42(38)55-46(44)45(43)54;1-2-12-29(13-3-1)30-22-24-31(25-23-30)47-50-48(32-26-27-42-38(28-32)33-14-7-10-20-40(33)54-42)52-49(51-47)53-39-19-9-6-17-36(39)43-34-15-4-5-16-35(34)44-37-18-8-11-21-41(37)55-46(44)45(43)53/h3-28H,1-2H3;1-28H. The molecule has 16 aromatic carbocycles. The first-order valence-corrected chi connectivity index (χ1v) is 39.6. The Labute approximate surface area is 642 Å². The molecule has 11 heteroatoms. The van der Waals surface area contributed by atoms with E-state index in [9.17, 15) is 0 Å².